The molecule has 4 heteroatoms. The van der Waals surface area contributed by atoms with Crippen LogP contribution in [0.4, 0.5) is 0 Å². The van der Waals surface area contributed by atoms with E-state index in [0.29, 0.717) is 13.1 Å². The Labute approximate surface area is 212 Å². The van der Waals surface area contributed by atoms with Crippen LogP contribution in [0.3, 0.4) is 0 Å². The lowest BCUT2D eigenvalue weighted by Crippen LogP contribution is -2.25. The minimum absolute atomic E-state index is 0.170. The summed E-state index contributed by atoms with van der Waals surface area (Å²) < 4.78 is 0. The van der Waals surface area contributed by atoms with Crippen molar-refractivity contribution in [3.8, 4) is 0 Å². The minimum Gasteiger partial charge on any atom is -0.353 e. The largest absolute Gasteiger partial charge is 0.353 e. The highest BCUT2D eigenvalue weighted by atomic mass is 16.2. The number of carbonyl (C=O) groups is 2. The molecule has 0 aromatic carbocycles. The van der Waals surface area contributed by atoms with Crippen LogP contribution in [0.25, 0.3) is 0 Å². The molecule has 0 atom stereocenters. The van der Waals surface area contributed by atoms with Crippen molar-refractivity contribution in [2.45, 2.75) is 155 Å². The second kappa shape index (κ2) is 27.9. The van der Waals surface area contributed by atoms with E-state index in [4.69, 9.17) is 0 Å². The second-order valence-electron chi connectivity index (χ2n) is 9.99. The Kier molecular flexibility index (Phi) is 26.8. The Bertz CT molecular complexity index is 434. The van der Waals surface area contributed by atoms with E-state index < -0.39 is 0 Å². The lowest BCUT2D eigenvalue weighted by atomic mass is 10.1. The Morgan fingerprint density at radius 3 is 0.912 bits per heavy atom. The van der Waals surface area contributed by atoms with Crippen molar-refractivity contribution in [1.82, 2.24) is 10.6 Å². The van der Waals surface area contributed by atoms with Gasteiger partial charge in [-0.3, -0.25) is 9.59 Å². The number of hydrogen-bond acceptors (Lipinski definition) is 2. The maximum Gasteiger partial charge on any atom is 0.244 e. The van der Waals surface area contributed by atoms with Crippen LogP contribution in [0, 0.1) is 0 Å². The van der Waals surface area contributed by atoms with Gasteiger partial charge in [-0.05, 0) is 12.8 Å². The summed E-state index contributed by atoms with van der Waals surface area (Å²) in [6.07, 6.45) is 31.4. The molecular formula is C30H58N2O2. The van der Waals surface area contributed by atoms with E-state index in [9.17, 15) is 9.59 Å². The smallest absolute Gasteiger partial charge is 0.244 e. The van der Waals surface area contributed by atoms with Crippen molar-refractivity contribution in [3.05, 3.63) is 12.2 Å². The summed E-state index contributed by atoms with van der Waals surface area (Å²) in [5.41, 5.74) is 0. The minimum atomic E-state index is -0.170. The molecule has 2 N–H and O–H groups in total. The van der Waals surface area contributed by atoms with E-state index in [1.165, 1.54) is 141 Å². The van der Waals surface area contributed by atoms with E-state index in [1.807, 2.05) is 0 Å². The molecule has 0 aromatic rings. The highest BCUT2D eigenvalue weighted by molar-refractivity contribution is 5.96. The Morgan fingerprint density at radius 1 is 0.412 bits per heavy atom. The van der Waals surface area contributed by atoms with E-state index in [1.54, 1.807) is 0 Å². The van der Waals surface area contributed by atoms with Gasteiger partial charge in [0.2, 0.25) is 11.8 Å². The first-order valence-electron chi connectivity index (χ1n) is 14.9. The highest BCUT2D eigenvalue weighted by Crippen LogP contribution is 2.12. The van der Waals surface area contributed by atoms with Gasteiger partial charge >= 0.3 is 0 Å². The van der Waals surface area contributed by atoms with Gasteiger partial charge in [0.1, 0.15) is 0 Å². The molecule has 0 bridgehead atoms. The third-order valence-corrected chi connectivity index (χ3v) is 6.55. The zero-order valence-electron chi connectivity index (χ0n) is 22.9. The van der Waals surface area contributed by atoms with Gasteiger partial charge in [-0.25, -0.2) is 0 Å². The summed E-state index contributed by atoms with van der Waals surface area (Å²) in [5.74, 6) is -0.339. The van der Waals surface area contributed by atoms with Gasteiger partial charge in [0.05, 0.1) is 0 Å². The topological polar surface area (TPSA) is 58.2 Å². The highest BCUT2D eigenvalue weighted by Gasteiger charge is 1.99. The van der Waals surface area contributed by atoms with Gasteiger partial charge < -0.3 is 10.6 Å². The first kappa shape index (κ1) is 32.7. The summed E-state index contributed by atoms with van der Waals surface area (Å²) in [5, 5.41) is 5.76. The van der Waals surface area contributed by atoms with Crippen LogP contribution in [0.1, 0.15) is 155 Å². The van der Waals surface area contributed by atoms with E-state index >= 15 is 0 Å². The van der Waals surface area contributed by atoms with E-state index in [2.05, 4.69) is 24.5 Å². The van der Waals surface area contributed by atoms with Crippen molar-refractivity contribution in [3.63, 3.8) is 0 Å². The number of hydrogen-bond donors (Lipinski definition) is 2. The van der Waals surface area contributed by atoms with Crippen LogP contribution in [0.5, 0.6) is 0 Å². The molecule has 0 radical (unpaired) electrons. The van der Waals surface area contributed by atoms with Gasteiger partial charge in [-0.2, -0.15) is 0 Å². The predicted octanol–water partition coefficient (Wildman–Crippen LogP) is 8.40. The van der Waals surface area contributed by atoms with Crippen molar-refractivity contribution in [1.29, 1.82) is 0 Å². The third-order valence-electron chi connectivity index (χ3n) is 6.55. The number of nitrogens with one attached hydrogen (secondary N) is 2. The first-order valence-corrected chi connectivity index (χ1v) is 14.9. The molecule has 0 unspecified atom stereocenters. The molecular weight excluding hydrogens is 420 g/mol. The molecule has 0 saturated heterocycles. The summed E-state index contributed by atoms with van der Waals surface area (Å²) >= 11 is 0. The third kappa shape index (κ3) is 26.9. The summed E-state index contributed by atoms with van der Waals surface area (Å²) in [4.78, 5) is 23.7. The van der Waals surface area contributed by atoms with Crippen molar-refractivity contribution >= 4 is 11.8 Å². The molecule has 2 amide bonds. The molecule has 0 rings (SSSR count). The Hall–Kier alpha value is -1.32. The Balaban J connectivity index is 3.38. The molecule has 0 aromatic heterocycles. The van der Waals surface area contributed by atoms with Gasteiger partial charge in [0.15, 0.2) is 0 Å². The number of amides is 2. The van der Waals surface area contributed by atoms with Gasteiger partial charge in [0.25, 0.3) is 0 Å². The van der Waals surface area contributed by atoms with Gasteiger partial charge in [0, 0.05) is 25.2 Å². The fourth-order valence-electron chi connectivity index (χ4n) is 4.27. The molecule has 34 heavy (non-hydrogen) atoms. The molecule has 0 aliphatic heterocycles. The average molecular weight is 479 g/mol. The number of unbranched alkanes of at least 4 members (excludes halogenated alkanes) is 20. The zero-order valence-corrected chi connectivity index (χ0v) is 22.9. The summed E-state index contributed by atoms with van der Waals surface area (Å²) in [6.45, 7) is 5.91. The maximum atomic E-state index is 11.8. The van der Waals surface area contributed by atoms with Crippen LogP contribution < -0.4 is 10.6 Å². The molecule has 0 heterocycles. The van der Waals surface area contributed by atoms with Crippen LogP contribution in [0.15, 0.2) is 12.2 Å². The molecule has 0 fully saturated rings. The first-order chi connectivity index (χ1) is 16.7. The summed E-state index contributed by atoms with van der Waals surface area (Å²) in [7, 11) is 0. The Morgan fingerprint density at radius 2 is 0.647 bits per heavy atom. The second-order valence-corrected chi connectivity index (χ2v) is 9.99. The van der Waals surface area contributed by atoms with Crippen LogP contribution >= 0.6 is 0 Å². The van der Waals surface area contributed by atoms with Crippen molar-refractivity contribution in [2.24, 2.45) is 0 Å². The molecule has 0 saturated carbocycles. The molecule has 0 aliphatic rings. The summed E-state index contributed by atoms with van der Waals surface area (Å²) in [6, 6.07) is 0. The van der Waals surface area contributed by atoms with Crippen LogP contribution in [-0.4, -0.2) is 24.9 Å². The fourth-order valence-corrected chi connectivity index (χ4v) is 4.27. The number of carbonyl (C=O) groups excluding carboxylic acids is 2. The average Bonchev–Trinajstić information content (AvgIpc) is 2.84. The lowest BCUT2D eigenvalue weighted by molar-refractivity contribution is -0.118. The molecule has 0 aliphatic carbocycles. The monoisotopic (exact) mass is 478 g/mol. The molecule has 0 spiro atoms. The van der Waals surface area contributed by atoms with Crippen molar-refractivity contribution in [2.75, 3.05) is 13.1 Å². The molecule has 4 nitrogen and oxygen atoms in total. The standard InChI is InChI=1S/C30H58N2O2/c1-3-5-7-9-11-13-15-17-19-21-23-27-31-29(33)25-26-30(34)32-28-24-22-20-18-16-14-12-10-8-6-4-2/h25-26H,3-24,27-28H2,1-2H3,(H,31,33)(H,32,34). The van der Waals surface area contributed by atoms with Crippen LogP contribution in [-0.2, 0) is 9.59 Å². The SMILES string of the molecule is CCCCCCCCCCCCCNC(=O)C=CC(=O)NCCCCCCCCCCCCC. The fraction of sp³-hybridized carbons (Fsp3) is 0.867. The number of rotatable bonds is 26. The van der Waals surface area contributed by atoms with Gasteiger partial charge in [-0.1, -0.05) is 142 Å². The van der Waals surface area contributed by atoms with E-state index in [0.717, 1.165) is 12.8 Å². The lowest BCUT2D eigenvalue weighted by Gasteiger charge is -2.04. The zero-order chi connectivity index (χ0) is 25.0. The normalized spacial score (nSPS) is 11.2. The predicted molar refractivity (Wildman–Crippen MR) is 148 cm³/mol. The quantitative estimate of drug-likeness (QED) is 0.0968. The molecule has 200 valence electrons. The van der Waals surface area contributed by atoms with Crippen molar-refractivity contribution < 1.29 is 9.59 Å². The maximum absolute atomic E-state index is 11.8. The van der Waals surface area contributed by atoms with E-state index in [-0.39, 0.29) is 11.8 Å². The van der Waals surface area contributed by atoms with Crippen LogP contribution in [0.2, 0.25) is 0 Å². The van der Waals surface area contributed by atoms with Gasteiger partial charge in [-0.15, -0.1) is 0 Å².